The molecule has 0 aliphatic rings. The fourth-order valence-electron chi connectivity index (χ4n) is 1.38. The van der Waals surface area contributed by atoms with E-state index < -0.39 is 0 Å². The molecule has 0 spiro atoms. The molecule has 0 bridgehead atoms. The van der Waals surface area contributed by atoms with E-state index in [0.717, 1.165) is 6.42 Å². The molecule has 1 aromatic heterocycles. The Hall–Kier alpha value is -2.11. The van der Waals surface area contributed by atoms with Gasteiger partial charge < -0.3 is 15.5 Å². The van der Waals surface area contributed by atoms with Gasteiger partial charge in [0.25, 0.3) is 5.91 Å². The van der Waals surface area contributed by atoms with Crippen molar-refractivity contribution in [2.75, 3.05) is 32.5 Å². The molecule has 6 nitrogen and oxygen atoms in total. The predicted molar refractivity (Wildman–Crippen MR) is 74.0 cm³/mol. The van der Waals surface area contributed by atoms with Crippen LogP contribution in [0.15, 0.2) is 18.3 Å². The van der Waals surface area contributed by atoms with Crippen molar-refractivity contribution >= 4 is 17.6 Å². The van der Waals surface area contributed by atoms with E-state index in [1.807, 2.05) is 6.92 Å². The number of aromatic nitrogens is 1. The summed E-state index contributed by atoms with van der Waals surface area (Å²) in [5.74, 6) is 0.402. The summed E-state index contributed by atoms with van der Waals surface area (Å²) in [6.45, 7) is 2.84. The molecule has 6 heteroatoms. The van der Waals surface area contributed by atoms with Gasteiger partial charge in [-0.1, -0.05) is 6.92 Å². The number of anilines is 1. The molecule has 0 fully saturated rings. The molecule has 0 aliphatic carbocycles. The normalized spacial score (nSPS) is 9.84. The first-order valence-corrected chi connectivity index (χ1v) is 6.23. The predicted octanol–water partition coefficient (Wildman–Crippen LogP) is 0.721. The quantitative estimate of drug-likeness (QED) is 0.794. The monoisotopic (exact) mass is 264 g/mol. The maximum atomic E-state index is 11.6. The van der Waals surface area contributed by atoms with E-state index in [1.54, 1.807) is 26.2 Å². The van der Waals surface area contributed by atoms with Gasteiger partial charge in [-0.05, 0) is 18.6 Å². The lowest BCUT2D eigenvalue weighted by Gasteiger charge is -2.10. The van der Waals surface area contributed by atoms with Gasteiger partial charge in [0.15, 0.2) is 0 Å². The van der Waals surface area contributed by atoms with Crippen molar-refractivity contribution in [3.05, 3.63) is 23.9 Å². The number of nitrogens with one attached hydrogen (secondary N) is 2. The maximum Gasteiger partial charge on any atom is 0.254 e. The van der Waals surface area contributed by atoms with Crippen molar-refractivity contribution in [2.24, 2.45) is 0 Å². The molecule has 104 valence electrons. The Morgan fingerprint density at radius 1 is 1.32 bits per heavy atom. The summed E-state index contributed by atoms with van der Waals surface area (Å²) in [7, 11) is 3.37. The smallest absolute Gasteiger partial charge is 0.254 e. The molecule has 0 atom stereocenters. The molecule has 0 radical (unpaired) electrons. The van der Waals surface area contributed by atoms with Gasteiger partial charge >= 0.3 is 0 Å². The SMILES string of the molecule is CCCNC(=O)CNc1ccc(C(=O)N(C)C)cn1. The van der Waals surface area contributed by atoms with Gasteiger partial charge in [-0.25, -0.2) is 4.98 Å². The van der Waals surface area contributed by atoms with E-state index in [4.69, 9.17) is 0 Å². The number of nitrogens with zero attached hydrogens (tertiary/aromatic N) is 2. The van der Waals surface area contributed by atoms with Crippen molar-refractivity contribution in [2.45, 2.75) is 13.3 Å². The average molecular weight is 264 g/mol. The van der Waals surface area contributed by atoms with E-state index in [1.165, 1.54) is 11.1 Å². The number of carbonyl (C=O) groups is 2. The fraction of sp³-hybridized carbons (Fsp3) is 0.462. The molecule has 1 aromatic rings. The lowest BCUT2D eigenvalue weighted by atomic mass is 10.2. The highest BCUT2D eigenvalue weighted by Crippen LogP contribution is 2.06. The molecule has 0 saturated carbocycles. The average Bonchev–Trinajstić information content (AvgIpc) is 2.42. The number of carbonyl (C=O) groups excluding carboxylic acids is 2. The third-order valence-electron chi connectivity index (χ3n) is 2.42. The van der Waals surface area contributed by atoms with Gasteiger partial charge in [-0.15, -0.1) is 0 Å². The zero-order valence-electron chi connectivity index (χ0n) is 11.6. The highest BCUT2D eigenvalue weighted by atomic mass is 16.2. The zero-order chi connectivity index (χ0) is 14.3. The molecule has 0 aliphatic heterocycles. The van der Waals surface area contributed by atoms with Gasteiger partial charge in [0, 0.05) is 26.8 Å². The molecule has 1 heterocycles. The van der Waals surface area contributed by atoms with Crippen molar-refractivity contribution in [1.82, 2.24) is 15.2 Å². The topological polar surface area (TPSA) is 74.3 Å². The number of amides is 2. The molecule has 2 amide bonds. The van der Waals surface area contributed by atoms with Crippen LogP contribution in [0.2, 0.25) is 0 Å². The van der Waals surface area contributed by atoms with Crippen LogP contribution in [0.25, 0.3) is 0 Å². The lowest BCUT2D eigenvalue weighted by molar-refractivity contribution is -0.119. The van der Waals surface area contributed by atoms with Crippen LogP contribution in [0.1, 0.15) is 23.7 Å². The zero-order valence-corrected chi connectivity index (χ0v) is 11.6. The molecule has 2 N–H and O–H groups in total. The number of rotatable bonds is 6. The molecule has 19 heavy (non-hydrogen) atoms. The molecular weight excluding hydrogens is 244 g/mol. The lowest BCUT2D eigenvalue weighted by Crippen LogP contribution is -2.30. The van der Waals surface area contributed by atoms with Crippen molar-refractivity contribution in [1.29, 1.82) is 0 Å². The number of hydrogen-bond donors (Lipinski definition) is 2. The van der Waals surface area contributed by atoms with Gasteiger partial charge in [0.05, 0.1) is 12.1 Å². The van der Waals surface area contributed by atoms with Crippen LogP contribution < -0.4 is 10.6 Å². The summed E-state index contributed by atoms with van der Waals surface area (Å²) in [6.07, 6.45) is 2.40. The second kappa shape index (κ2) is 7.35. The minimum absolute atomic E-state index is 0.0721. The second-order valence-electron chi connectivity index (χ2n) is 4.34. The van der Waals surface area contributed by atoms with Crippen LogP contribution >= 0.6 is 0 Å². The Labute approximate surface area is 113 Å². The summed E-state index contributed by atoms with van der Waals surface area (Å²) < 4.78 is 0. The minimum atomic E-state index is -0.0975. The third-order valence-corrected chi connectivity index (χ3v) is 2.42. The van der Waals surface area contributed by atoms with Crippen LogP contribution in [0.3, 0.4) is 0 Å². The van der Waals surface area contributed by atoms with Gasteiger partial charge in [0.2, 0.25) is 5.91 Å². The van der Waals surface area contributed by atoms with E-state index in [0.29, 0.717) is 17.9 Å². The van der Waals surface area contributed by atoms with Crippen molar-refractivity contribution in [3.8, 4) is 0 Å². The van der Waals surface area contributed by atoms with Crippen LogP contribution in [-0.2, 0) is 4.79 Å². The highest BCUT2D eigenvalue weighted by molar-refractivity contribution is 5.93. The minimum Gasteiger partial charge on any atom is -0.361 e. The van der Waals surface area contributed by atoms with Crippen LogP contribution in [0, 0.1) is 0 Å². The summed E-state index contributed by atoms with van der Waals surface area (Å²) in [6, 6.07) is 3.37. The maximum absolute atomic E-state index is 11.6. The largest absolute Gasteiger partial charge is 0.361 e. The summed E-state index contributed by atoms with van der Waals surface area (Å²) in [5, 5.41) is 5.66. The summed E-state index contributed by atoms with van der Waals surface area (Å²) in [4.78, 5) is 28.6. The van der Waals surface area contributed by atoms with E-state index in [-0.39, 0.29) is 18.4 Å². The summed E-state index contributed by atoms with van der Waals surface area (Å²) >= 11 is 0. The first-order valence-electron chi connectivity index (χ1n) is 6.23. The summed E-state index contributed by atoms with van der Waals surface area (Å²) in [5.41, 5.74) is 0.519. The molecule has 0 unspecified atom stereocenters. The van der Waals surface area contributed by atoms with Crippen molar-refractivity contribution in [3.63, 3.8) is 0 Å². The molecule has 0 saturated heterocycles. The van der Waals surface area contributed by atoms with E-state index >= 15 is 0 Å². The van der Waals surface area contributed by atoms with Gasteiger partial charge in [-0.3, -0.25) is 9.59 Å². The molecule has 1 rings (SSSR count). The Kier molecular flexibility index (Phi) is 5.78. The Morgan fingerprint density at radius 3 is 2.58 bits per heavy atom. The van der Waals surface area contributed by atoms with Gasteiger partial charge in [0.1, 0.15) is 5.82 Å². The Morgan fingerprint density at radius 2 is 2.05 bits per heavy atom. The number of hydrogen-bond acceptors (Lipinski definition) is 4. The molecule has 0 aromatic carbocycles. The molecular formula is C13H20N4O2. The standard InChI is InChI=1S/C13H20N4O2/c1-4-7-14-12(18)9-16-11-6-5-10(8-15-11)13(19)17(2)3/h5-6,8H,4,7,9H2,1-3H3,(H,14,18)(H,15,16). The Balaban J connectivity index is 2.49. The van der Waals surface area contributed by atoms with E-state index in [2.05, 4.69) is 15.6 Å². The van der Waals surface area contributed by atoms with Gasteiger partial charge in [-0.2, -0.15) is 0 Å². The Bertz CT molecular complexity index is 429. The first-order chi connectivity index (χ1) is 9.04. The van der Waals surface area contributed by atoms with Crippen LogP contribution in [-0.4, -0.2) is 48.9 Å². The van der Waals surface area contributed by atoms with Crippen LogP contribution in [0.4, 0.5) is 5.82 Å². The van der Waals surface area contributed by atoms with E-state index in [9.17, 15) is 9.59 Å². The second-order valence-corrected chi connectivity index (χ2v) is 4.34. The number of pyridine rings is 1. The fourth-order valence-corrected chi connectivity index (χ4v) is 1.38. The van der Waals surface area contributed by atoms with Crippen LogP contribution in [0.5, 0.6) is 0 Å². The van der Waals surface area contributed by atoms with Crippen molar-refractivity contribution < 1.29 is 9.59 Å². The first kappa shape index (κ1) is 14.9. The third kappa shape index (κ3) is 4.95. The highest BCUT2D eigenvalue weighted by Gasteiger charge is 2.08.